The van der Waals surface area contributed by atoms with Crippen LogP contribution in [0.15, 0.2) is 18.2 Å². The highest BCUT2D eigenvalue weighted by molar-refractivity contribution is 5.43. The number of hydrogen-bond donors (Lipinski definition) is 1. The maximum absolute atomic E-state index is 10.7. The Kier molecular flexibility index (Phi) is 3.80. The molecular formula is C11H16N2O2. The number of aryl methyl sites for hydroxylation is 1. The number of benzene rings is 1. The Labute approximate surface area is 89.2 Å². The number of rotatable bonds is 4. The molecule has 0 aliphatic heterocycles. The van der Waals surface area contributed by atoms with Crippen molar-refractivity contribution in [3.05, 3.63) is 39.4 Å². The second-order valence-corrected chi connectivity index (χ2v) is 3.78. The van der Waals surface area contributed by atoms with Gasteiger partial charge >= 0.3 is 0 Å². The van der Waals surface area contributed by atoms with Crippen molar-refractivity contribution in [1.82, 2.24) is 0 Å². The van der Waals surface area contributed by atoms with Gasteiger partial charge in [0.1, 0.15) is 0 Å². The molecule has 0 saturated heterocycles. The molecule has 0 saturated carbocycles. The second kappa shape index (κ2) is 4.89. The average Bonchev–Trinajstić information content (AvgIpc) is 2.18. The van der Waals surface area contributed by atoms with E-state index < -0.39 is 0 Å². The Hall–Kier alpha value is -1.42. The van der Waals surface area contributed by atoms with Crippen molar-refractivity contribution in [2.45, 2.75) is 26.2 Å². The van der Waals surface area contributed by atoms with E-state index in [0.29, 0.717) is 12.1 Å². The van der Waals surface area contributed by atoms with Crippen molar-refractivity contribution >= 4 is 5.69 Å². The number of hydrogen-bond acceptors (Lipinski definition) is 3. The minimum absolute atomic E-state index is 0.191. The molecule has 0 fully saturated rings. The Morgan fingerprint density at radius 3 is 2.73 bits per heavy atom. The summed E-state index contributed by atoms with van der Waals surface area (Å²) in [4.78, 5) is 10.4. The highest BCUT2D eigenvalue weighted by atomic mass is 16.6. The standard InChI is InChI=1S/C11H16N2O2/c1-8(5-6-12)10-4-3-9(2)11(7-10)13(14)15/h3-4,7-8H,5-6,12H2,1-2H3. The minimum atomic E-state index is -0.339. The predicted octanol–water partition coefficient (Wildman–Crippen LogP) is 2.36. The minimum Gasteiger partial charge on any atom is -0.330 e. The molecule has 1 aromatic carbocycles. The van der Waals surface area contributed by atoms with Gasteiger partial charge in [0.05, 0.1) is 4.92 Å². The van der Waals surface area contributed by atoms with Crippen LogP contribution < -0.4 is 5.73 Å². The molecule has 1 rings (SSSR count). The molecule has 1 aromatic rings. The lowest BCUT2D eigenvalue weighted by Gasteiger charge is -2.10. The van der Waals surface area contributed by atoms with Crippen molar-refractivity contribution < 1.29 is 4.92 Å². The third-order valence-electron chi connectivity index (χ3n) is 2.60. The molecule has 4 heteroatoms. The highest BCUT2D eigenvalue weighted by Gasteiger charge is 2.13. The lowest BCUT2D eigenvalue weighted by Crippen LogP contribution is -2.05. The fourth-order valence-corrected chi connectivity index (χ4v) is 1.55. The fourth-order valence-electron chi connectivity index (χ4n) is 1.55. The van der Waals surface area contributed by atoms with Gasteiger partial charge in [-0.15, -0.1) is 0 Å². The van der Waals surface area contributed by atoms with Gasteiger partial charge in [-0.2, -0.15) is 0 Å². The first-order chi connectivity index (χ1) is 7.06. The maximum Gasteiger partial charge on any atom is 0.272 e. The smallest absolute Gasteiger partial charge is 0.272 e. The zero-order valence-electron chi connectivity index (χ0n) is 9.06. The Morgan fingerprint density at radius 1 is 1.53 bits per heavy atom. The Bertz CT molecular complexity index is 364. The first-order valence-corrected chi connectivity index (χ1v) is 5.01. The molecular weight excluding hydrogens is 192 g/mol. The quantitative estimate of drug-likeness (QED) is 0.610. The van der Waals surface area contributed by atoms with Crippen LogP contribution in [0.4, 0.5) is 5.69 Å². The lowest BCUT2D eigenvalue weighted by atomic mass is 9.96. The third kappa shape index (κ3) is 2.76. The van der Waals surface area contributed by atoms with Gasteiger partial charge in [-0.05, 0) is 31.4 Å². The summed E-state index contributed by atoms with van der Waals surface area (Å²) in [5.41, 5.74) is 7.33. The van der Waals surface area contributed by atoms with Gasteiger partial charge in [-0.1, -0.05) is 19.1 Å². The summed E-state index contributed by atoms with van der Waals surface area (Å²) in [6, 6.07) is 5.37. The molecule has 1 unspecified atom stereocenters. The van der Waals surface area contributed by atoms with Gasteiger partial charge in [0.15, 0.2) is 0 Å². The molecule has 0 bridgehead atoms. The van der Waals surface area contributed by atoms with Crippen molar-refractivity contribution in [2.24, 2.45) is 5.73 Å². The number of nitrogens with zero attached hydrogens (tertiary/aromatic N) is 1. The van der Waals surface area contributed by atoms with E-state index in [0.717, 1.165) is 12.0 Å². The van der Waals surface area contributed by atoms with Crippen LogP contribution in [0, 0.1) is 17.0 Å². The van der Waals surface area contributed by atoms with Crippen LogP contribution in [0.25, 0.3) is 0 Å². The van der Waals surface area contributed by atoms with E-state index in [4.69, 9.17) is 5.73 Å². The summed E-state index contributed by atoms with van der Waals surface area (Å²) in [5.74, 6) is 0.272. The topological polar surface area (TPSA) is 69.2 Å². The van der Waals surface area contributed by atoms with Gasteiger partial charge < -0.3 is 5.73 Å². The average molecular weight is 208 g/mol. The normalized spacial score (nSPS) is 12.5. The van der Waals surface area contributed by atoms with Crippen LogP contribution in [0.2, 0.25) is 0 Å². The van der Waals surface area contributed by atoms with Crippen LogP contribution in [0.3, 0.4) is 0 Å². The summed E-state index contributed by atoms with van der Waals surface area (Å²) in [5, 5.41) is 10.7. The molecule has 0 radical (unpaired) electrons. The number of nitro groups is 1. The molecule has 0 amide bonds. The molecule has 0 aliphatic carbocycles. The van der Waals surface area contributed by atoms with Crippen LogP contribution in [0.5, 0.6) is 0 Å². The fraction of sp³-hybridized carbons (Fsp3) is 0.455. The SMILES string of the molecule is Cc1ccc(C(C)CCN)cc1[N+](=O)[O-]. The van der Waals surface area contributed by atoms with Crippen molar-refractivity contribution in [3.8, 4) is 0 Å². The summed E-state index contributed by atoms with van der Waals surface area (Å²) < 4.78 is 0. The maximum atomic E-state index is 10.7. The summed E-state index contributed by atoms with van der Waals surface area (Å²) >= 11 is 0. The predicted molar refractivity (Wildman–Crippen MR) is 59.9 cm³/mol. The van der Waals surface area contributed by atoms with E-state index in [1.807, 2.05) is 13.0 Å². The van der Waals surface area contributed by atoms with E-state index in [1.54, 1.807) is 19.1 Å². The largest absolute Gasteiger partial charge is 0.330 e. The van der Waals surface area contributed by atoms with E-state index in [1.165, 1.54) is 0 Å². The van der Waals surface area contributed by atoms with E-state index >= 15 is 0 Å². The monoisotopic (exact) mass is 208 g/mol. The molecule has 4 nitrogen and oxygen atoms in total. The van der Waals surface area contributed by atoms with E-state index in [-0.39, 0.29) is 16.5 Å². The molecule has 0 aliphatic rings. The highest BCUT2D eigenvalue weighted by Crippen LogP contribution is 2.25. The third-order valence-corrected chi connectivity index (χ3v) is 2.60. The molecule has 0 spiro atoms. The van der Waals surface area contributed by atoms with Gasteiger partial charge in [0.2, 0.25) is 0 Å². The van der Waals surface area contributed by atoms with Gasteiger partial charge in [-0.3, -0.25) is 10.1 Å². The zero-order chi connectivity index (χ0) is 11.4. The van der Waals surface area contributed by atoms with Gasteiger partial charge in [0.25, 0.3) is 5.69 Å². The Morgan fingerprint density at radius 2 is 2.20 bits per heavy atom. The first-order valence-electron chi connectivity index (χ1n) is 5.01. The Balaban J connectivity index is 3.02. The second-order valence-electron chi connectivity index (χ2n) is 3.78. The summed E-state index contributed by atoms with van der Waals surface area (Å²) in [6.45, 7) is 4.37. The van der Waals surface area contributed by atoms with Gasteiger partial charge in [0, 0.05) is 11.6 Å². The molecule has 0 heterocycles. The summed E-state index contributed by atoms with van der Waals surface area (Å²) in [6.07, 6.45) is 0.847. The first kappa shape index (κ1) is 11.7. The van der Waals surface area contributed by atoms with E-state index in [9.17, 15) is 10.1 Å². The number of nitrogens with two attached hydrogens (primary N) is 1. The zero-order valence-corrected chi connectivity index (χ0v) is 9.06. The van der Waals surface area contributed by atoms with Crippen molar-refractivity contribution in [2.75, 3.05) is 6.54 Å². The van der Waals surface area contributed by atoms with Crippen molar-refractivity contribution in [1.29, 1.82) is 0 Å². The van der Waals surface area contributed by atoms with Gasteiger partial charge in [-0.25, -0.2) is 0 Å². The molecule has 1 atom stereocenters. The molecule has 2 N–H and O–H groups in total. The molecule has 82 valence electrons. The summed E-state index contributed by atoms with van der Waals surface area (Å²) in [7, 11) is 0. The number of nitro benzene ring substituents is 1. The molecule has 0 aromatic heterocycles. The lowest BCUT2D eigenvalue weighted by molar-refractivity contribution is -0.385. The van der Waals surface area contributed by atoms with Crippen LogP contribution >= 0.6 is 0 Å². The van der Waals surface area contributed by atoms with E-state index in [2.05, 4.69) is 0 Å². The van der Waals surface area contributed by atoms with Crippen LogP contribution in [0.1, 0.15) is 30.4 Å². The van der Waals surface area contributed by atoms with Crippen LogP contribution in [-0.4, -0.2) is 11.5 Å². The van der Waals surface area contributed by atoms with Crippen molar-refractivity contribution in [3.63, 3.8) is 0 Å². The van der Waals surface area contributed by atoms with Crippen LogP contribution in [-0.2, 0) is 0 Å². The molecule has 15 heavy (non-hydrogen) atoms.